The van der Waals surface area contributed by atoms with Crippen LogP contribution in [0.1, 0.15) is 18.8 Å². The van der Waals surface area contributed by atoms with Gasteiger partial charge in [-0.2, -0.15) is 0 Å². The van der Waals surface area contributed by atoms with E-state index in [2.05, 4.69) is 30.6 Å². The molecule has 6 nitrogen and oxygen atoms in total. The fourth-order valence-corrected chi connectivity index (χ4v) is 3.60. The van der Waals surface area contributed by atoms with Gasteiger partial charge in [0.05, 0.1) is 10.5 Å². The molecule has 1 atom stereocenters. The molecular weight excluding hydrogens is 351 g/mol. The van der Waals surface area contributed by atoms with Crippen molar-refractivity contribution in [3.05, 3.63) is 40.6 Å². The lowest BCUT2D eigenvalue weighted by molar-refractivity contribution is 0.541. The van der Waals surface area contributed by atoms with Crippen LogP contribution in [0.4, 0.5) is 10.1 Å². The summed E-state index contributed by atoms with van der Waals surface area (Å²) in [7, 11) is -4.06. The molecule has 0 radical (unpaired) electrons. The van der Waals surface area contributed by atoms with Gasteiger partial charge in [-0.05, 0) is 35.0 Å². The highest BCUT2D eigenvalue weighted by Gasteiger charge is 2.24. The minimum Gasteiger partial charge on any atom is -0.399 e. The minimum absolute atomic E-state index is 0.0106. The van der Waals surface area contributed by atoms with E-state index in [9.17, 15) is 12.8 Å². The first-order valence-corrected chi connectivity index (χ1v) is 7.85. The molecule has 0 spiro atoms. The van der Waals surface area contributed by atoms with Crippen LogP contribution in [-0.4, -0.2) is 18.4 Å². The standard InChI is InChI=1S/C11H12BrFN4O2S/c1-6(11-15-2-3-16-11)17-20(18,19)9-5-7(14)4-8(12)10(9)13/h2-6,17H,14H2,1H3,(H,15,16). The van der Waals surface area contributed by atoms with Gasteiger partial charge in [0.1, 0.15) is 10.7 Å². The SMILES string of the molecule is CC(NS(=O)(=O)c1cc(N)cc(Br)c1F)c1ncc[nH]1. The van der Waals surface area contributed by atoms with Gasteiger partial charge in [0.25, 0.3) is 0 Å². The third-order valence-corrected chi connectivity index (χ3v) is 4.69. The number of nitrogens with one attached hydrogen (secondary N) is 2. The van der Waals surface area contributed by atoms with Crippen molar-refractivity contribution in [2.24, 2.45) is 0 Å². The van der Waals surface area contributed by atoms with Gasteiger partial charge in [-0.3, -0.25) is 0 Å². The van der Waals surface area contributed by atoms with Crippen molar-refractivity contribution in [2.75, 3.05) is 5.73 Å². The van der Waals surface area contributed by atoms with E-state index in [0.29, 0.717) is 5.82 Å². The van der Waals surface area contributed by atoms with Crippen LogP contribution in [0.15, 0.2) is 33.9 Å². The summed E-state index contributed by atoms with van der Waals surface area (Å²) in [5.41, 5.74) is 5.69. The number of nitrogen functional groups attached to an aromatic ring is 1. The highest BCUT2D eigenvalue weighted by atomic mass is 79.9. The van der Waals surface area contributed by atoms with Crippen molar-refractivity contribution >= 4 is 31.6 Å². The molecule has 1 unspecified atom stereocenters. The molecule has 0 aliphatic carbocycles. The summed E-state index contributed by atoms with van der Waals surface area (Å²) in [5, 5.41) is 0. The number of aromatic nitrogens is 2. The van der Waals surface area contributed by atoms with Crippen LogP contribution in [0, 0.1) is 5.82 Å². The van der Waals surface area contributed by atoms with Crippen molar-refractivity contribution in [3.8, 4) is 0 Å². The maximum Gasteiger partial charge on any atom is 0.244 e. The predicted molar refractivity (Wildman–Crippen MR) is 75.8 cm³/mol. The second-order valence-electron chi connectivity index (χ2n) is 4.13. The van der Waals surface area contributed by atoms with Crippen LogP contribution in [0.5, 0.6) is 0 Å². The van der Waals surface area contributed by atoms with E-state index in [1.807, 2.05) is 0 Å². The second kappa shape index (κ2) is 5.51. The van der Waals surface area contributed by atoms with Gasteiger partial charge in [-0.15, -0.1) is 0 Å². The number of benzene rings is 1. The maximum absolute atomic E-state index is 13.9. The summed E-state index contributed by atoms with van der Waals surface area (Å²) in [6.07, 6.45) is 3.07. The summed E-state index contributed by atoms with van der Waals surface area (Å²) < 4.78 is 40.6. The molecular formula is C11H12BrFN4O2S. The normalized spacial score (nSPS) is 13.3. The molecule has 0 aliphatic rings. The number of halogens is 2. The van der Waals surface area contributed by atoms with Gasteiger partial charge in [-0.25, -0.2) is 22.5 Å². The number of rotatable bonds is 4. The number of hydrogen-bond donors (Lipinski definition) is 3. The predicted octanol–water partition coefficient (Wildman–Crippen LogP) is 1.93. The number of aromatic amines is 1. The van der Waals surface area contributed by atoms with Crippen LogP contribution in [0.2, 0.25) is 0 Å². The summed E-state index contributed by atoms with van der Waals surface area (Å²) in [6, 6.07) is 1.73. The van der Waals surface area contributed by atoms with Gasteiger partial charge < -0.3 is 10.7 Å². The Balaban J connectivity index is 2.36. The lowest BCUT2D eigenvalue weighted by atomic mass is 10.3. The lowest BCUT2D eigenvalue weighted by Crippen LogP contribution is -2.28. The molecule has 0 saturated heterocycles. The number of nitrogens with two attached hydrogens (primary N) is 1. The highest BCUT2D eigenvalue weighted by Crippen LogP contribution is 2.26. The highest BCUT2D eigenvalue weighted by molar-refractivity contribution is 9.10. The van der Waals surface area contributed by atoms with Gasteiger partial charge in [-0.1, -0.05) is 0 Å². The third kappa shape index (κ3) is 3.00. The third-order valence-electron chi connectivity index (χ3n) is 2.57. The Morgan fingerprint density at radius 1 is 1.50 bits per heavy atom. The van der Waals surface area contributed by atoms with E-state index in [0.717, 1.165) is 6.07 Å². The summed E-state index contributed by atoms with van der Waals surface area (Å²) in [5.74, 6) is -0.463. The van der Waals surface area contributed by atoms with E-state index in [4.69, 9.17) is 5.73 Å². The molecule has 2 aromatic rings. The van der Waals surface area contributed by atoms with Crippen molar-refractivity contribution in [1.82, 2.24) is 14.7 Å². The zero-order valence-corrected chi connectivity index (χ0v) is 12.8. The molecule has 4 N–H and O–H groups in total. The van der Waals surface area contributed by atoms with E-state index in [-0.39, 0.29) is 10.2 Å². The van der Waals surface area contributed by atoms with E-state index >= 15 is 0 Å². The number of imidazole rings is 1. The zero-order chi connectivity index (χ0) is 14.9. The first-order valence-electron chi connectivity index (χ1n) is 5.57. The average Bonchev–Trinajstić information content (AvgIpc) is 2.86. The lowest BCUT2D eigenvalue weighted by Gasteiger charge is -2.13. The van der Waals surface area contributed by atoms with Crippen LogP contribution in [0.3, 0.4) is 0 Å². The Morgan fingerprint density at radius 3 is 2.80 bits per heavy atom. The number of hydrogen-bond acceptors (Lipinski definition) is 4. The minimum atomic E-state index is -4.06. The number of sulfonamides is 1. The molecule has 0 fully saturated rings. The van der Waals surface area contributed by atoms with E-state index in [1.165, 1.54) is 12.3 Å². The Hall–Kier alpha value is -1.45. The van der Waals surface area contributed by atoms with Crippen LogP contribution < -0.4 is 10.5 Å². The van der Waals surface area contributed by atoms with Gasteiger partial charge in [0, 0.05) is 18.1 Å². The van der Waals surface area contributed by atoms with E-state index < -0.39 is 26.8 Å². The van der Waals surface area contributed by atoms with Crippen molar-refractivity contribution < 1.29 is 12.8 Å². The van der Waals surface area contributed by atoms with Gasteiger partial charge in [0.2, 0.25) is 10.0 Å². The molecule has 0 bridgehead atoms. The quantitative estimate of drug-likeness (QED) is 0.723. The fraction of sp³-hybridized carbons (Fsp3) is 0.182. The molecule has 0 amide bonds. The maximum atomic E-state index is 13.9. The zero-order valence-electron chi connectivity index (χ0n) is 10.4. The summed E-state index contributed by atoms with van der Waals surface area (Å²) in [4.78, 5) is 6.21. The number of anilines is 1. The molecule has 0 saturated carbocycles. The fourth-order valence-electron chi connectivity index (χ4n) is 1.65. The molecule has 20 heavy (non-hydrogen) atoms. The monoisotopic (exact) mass is 362 g/mol. The average molecular weight is 363 g/mol. The van der Waals surface area contributed by atoms with Crippen molar-refractivity contribution in [3.63, 3.8) is 0 Å². The molecule has 0 aliphatic heterocycles. The number of H-pyrrole nitrogens is 1. The Bertz CT molecular complexity index is 718. The van der Waals surface area contributed by atoms with Crippen LogP contribution in [0.25, 0.3) is 0 Å². The largest absolute Gasteiger partial charge is 0.399 e. The molecule has 108 valence electrons. The Labute approximate surface area is 123 Å². The van der Waals surface area contributed by atoms with Crippen LogP contribution in [-0.2, 0) is 10.0 Å². The molecule has 1 aromatic carbocycles. The van der Waals surface area contributed by atoms with E-state index in [1.54, 1.807) is 13.1 Å². The van der Waals surface area contributed by atoms with Gasteiger partial charge in [0.15, 0.2) is 5.82 Å². The molecule has 1 aromatic heterocycles. The first kappa shape index (κ1) is 14.9. The summed E-state index contributed by atoms with van der Waals surface area (Å²) in [6.45, 7) is 1.59. The Morgan fingerprint density at radius 2 is 2.20 bits per heavy atom. The number of nitrogens with zero attached hydrogens (tertiary/aromatic N) is 1. The molecule has 1 heterocycles. The topological polar surface area (TPSA) is 101 Å². The second-order valence-corrected chi connectivity index (χ2v) is 6.67. The smallest absolute Gasteiger partial charge is 0.244 e. The first-order chi connectivity index (χ1) is 9.31. The van der Waals surface area contributed by atoms with Crippen LogP contribution >= 0.6 is 15.9 Å². The van der Waals surface area contributed by atoms with Crippen molar-refractivity contribution in [1.29, 1.82) is 0 Å². The Kier molecular flexibility index (Phi) is 4.11. The summed E-state index contributed by atoms with van der Waals surface area (Å²) >= 11 is 2.93. The molecule has 2 rings (SSSR count). The van der Waals surface area contributed by atoms with Gasteiger partial charge >= 0.3 is 0 Å². The van der Waals surface area contributed by atoms with Crippen molar-refractivity contribution in [2.45, 2.75) is 17.9 Å². The molecule has 9 heteroatoms.